The third-order valence-electron chi connectivity index (χ3n) is 4.75. The van der Waals surface area contributed by atoms with E-state index in [4.69, 9.17) is 0 Å². The lowest BCUT2D eigenvalue weighted by atomic mass is 9.75. The lowest BCUT2D eigenvalue weighted by Gasteiger charge is -2.24. The first-order valence-electron chi connectivity index (χ1n) is 7.88. The molecule has 10 heteroatoms. The molecule has 0 spiro atoms. The number of fused-ring (bicyclic) bond motifs is 2. The van der Waals surface area contributed by atoms with Crippen molar-refractivity contribution in [1.29, 1.82) is 0 Å². The molecule has 1 aromatic rings. The van der Waals surface area contributed by atoms with Gasteiger partial charge in [0.15, 0.2) is 17.3 Å². The normalized spacial score (nSPS) is 25.2. The number of benzene rings is 1. The van der Waals surface area contributed by atoms with Crippen LogP contribution in [0.4, 0.5) is 5.69 Å². The van der Waals surface area contributed by atoms with Crippen LogP contribution in [-0.2, 0) is 19.7 Å². The van der Waals surface area contributed by atoms with Crippen molar-refractivity contribution in [3.8, 4) is 5.75 Å². The molecule has 0 aromatic heterocycles. The highest BCUT2D eigenvalue weighted by Gasteiger charge is 2.50. The molecule has 2 unspecified atom stereocenters. The molecule has 0 aliphatic heterocycles. The standard InChI is InChI=1S/C16H15NO8S/c1-26(23,24)25-10-4-5-11(12(7-10)17(21)22)16(20)13-14(18)8-2-3-9(6-8)15(13)19/h4-5,7-9,13H,2-3,6H2,1H3. The maximum atomic E-state index is 12.8. The third-order valence-corrected chi connectivity index (χ3v) is 5.24. The van der Waals surface area contributed by atoms with E-state index < -0.39 is 49.6 Å². The summed E-state index contributed by atoms with van der Waals surface area (Å²) in [5.74, 6) is -4.48. The van der Waals surface area contributed by atoms with Crippen LogP contribution in [0.3, 0.4) is 0 Å². The summed E-state index contributed by atoms with van der Waals surface area (Å²) in [4.78, 5) is 48.0. The fraction of sp³-hybridized carbons (Fsp3) is 0.438. The highest BCUT2D eigenvalue weighted by molar-refractivity contribution is 7.86. The molecule has 2 saturated carbocycles. The second-order valence-corrected chi connectivity index (χ2v) is 8.11. The Balaban J connectivity index is 2.00. The molecule has 2 atom stereocenters. The van der Waals surface area contributed by atoms with E-state index in [1.54, 1.807) is 0 Å². The summed E-state index contributed by atoms with van der Waals surface area (Å²) in [6, 6.07) is 2.88. The summed E-state index contributed by atoms with van der Waals surface area (Å²) in [6.07, 6.45) is 2.29. The number of nitrogens with zero attached hydrogens (tertiary/aromatic N) is 1. The Labute approximate surface area is 148 Å². The maximum absolute atomic E-state index is 12.8. The van der Waals surface area contributed by atoms with E-state index in [1.807, 2.05) is 0 Å². The van der Waals surface area contributed by atoms with Crippen molar-refractivity contribution in [1.82, 2.24) is 0 Å². The number of ketones is 3. The number of nitro groups is 1. The highest BCUT2D eigenvalue weighted by Crippen LogP contribution is 2.42. The van der Waals surface area contributed by atoms with Crippen LogP contribution in [0, 0.1) is 27.9 Å². The van der Waals surface area contributed by atoms with Gasteiger partial charge in [-0.1, -0.05) is 0 Å². The fourth-order valence-electron chi connectivity index (χ4n) is 3.62. The Morgan fingerprint density at radius 2 is 1.77 bits per heavy atom. The molecule has 0 saturated heterocycles. The van der Waals surface area contributed by atoms with E-state index >= 15 is 0 Å². The first kappa shape index (κ1) is 18.2. The van der Waals surface area contributed by atoms with Crippen LogP contribution in [-0.4, -0.2) is 36.9 Å². The van der Waals surface area contributed by atoms with Crippen LogP contribution in [0.2, 0.25) is 0 Å². The molecule has 1 aromatic carbocycles. The van der Waals surface area contributed by atoms with E-state index in [2.05, 4.69) is 4.18 Å². The topological polar surface area (TPSA) is 138 Å². The van der Waals surface area contributed by atoms with Crippen molar-refractivity contribution in [3.05, 3.63) is 33.9 Å². The minimum Gasteiger partial charge on any atom is -0.382 e. The second kappa shape index (κ2) is 6.27. The summed E-state index contributed by atoms with van der Waals surface area (Å²) in [5.41, 5.74) is -1.13. The molecule has 0 amide bonds. The van der Waals surface area contributed by atoms with Crippen LogP contribution in [0.25, 0.3) is 0 Å². The molecular weight excluding hydrogens is 366 g/mol. The number of rotatable bonds is 5. The van der Waals surface area contributed by atoms with Crippen molar-refractivity contribution in [3.63, 3.8) is 0 Å². The second-order valence-electron chi connectivity index (χ2n) is 6.53. The number of carbonyl (C=O) groups is 3. The molecule has 26 heavy (non-hydrogen) atoms. The average molecular weight is 381 g/mol. The number of hydrogen-bond donors (Lipinski definition) is 0. The number of carbonyl (C=O) groups excluding carboxylic acids is 3. The predicted octanol–water partition coefficient (Wildman–Crippen LogP) is 1.30. The SMILES string of the molecule is CS(=O)(=O)Oc1ccc(C(=O)C2C(=O)C3CCC(C3)C2=O)c([N+](=O)[O-])c1. The third kappa shape index (κ3) is 3.24. The van der Waals surface area contributed by atoms with Gasteiger partial charge in [0.25, 0.3) is 5.69 Å². The Hall–Kier alpha value is -2.62. The van der Waals surface area contributed by atoms with Crippen LogP contribution in [0.15, 0.2) is 18.2 Å². The van der Waals surface area contributed by atoms with Gasteiger partial charge in [0.1, 0.15) is 11.7 Å². The summed E-state index contributed by atoms with van der Waals surface area (Å²) in [7, 11) is -3.91. The lowest BCUT2D eigenvalue weighted by Crippen LogP contribution is -2.41. The Morgan fingerprint density at radius 3 is 2.27 bits per heavy atom. The summed E-state index contributed by atoms with van der Waals surface area (Å²) >= 11 is 0. The predicted molar refractivity (Wildman–Crippen MR) is 87.2 cm³/mol. The molecule has 0 radical (unpaired) electrons. The quantitative estimate of drug-likeness (QED) is 0.245. The van der Waals surface area contributed by atoms with Gasteiger partial charge in [0, 0.05) is 11.8 Å². The first-order valence-corrected chi connectivity index (χ1v) is 9.69. The Bertz CT molecular complexity index is 914. The van der Waals surface area contributed by atoms with E-state index in [0.29, 0.717) is 19.3 Å². The zero-order valence-electron chi connectivity index (χ0n) is 13.7. The van der Waals surface area contributed by atoms with Gasteiger partial charge >= 0.3 is 10.1 Å². The number of nitro benzene ring substituents is 1. The van der Waals surface area contributed by atoms with Crippen molar-refractivity contribution >= 4 is 33.2 Å². The van der Waals surface area contributed by atoms with E-state index in [0.717, 1.165) is 24.5 Å². The minimum absolute atomic E-state index is 0.336. The number of hydrogen-bond acceptors (Lipinski definition) is 8. The molecule has 3 rings (SSSR count). The number of Topliss-reactive ketones (excluding diaryl/α,β-unsaturated/α-hetero) is 3. The fourth-order valence-corrected chi connectivity index (χ4v) is 4.07. The van der Waals surface area contributed by atoms with Crippen LogP contribution in [0.5, 0.6) is 5.75 Å². The molecular formula is C16H15NO8S. The first-order chi connectivity index (χ1) is 12.1. The van der Waals surface area contributed by atoms with Gasteiger partial charge in [-0.15, -0.1) is 0 Å². The van der Waals surface area contributed by atoms with Crippen LogP contribution in [0.1, 0.15) is 29.6 Å². The van der Waals surface area contributed by atoms with Crippen LogP contribution >= 0.6 is 0 Å². The van der Waals surface area contributed by atoms with Crippen molar-refractivity contribution in [2.75, 3.05) is 6.26 Å². The summed E-state index contributed by atoms with van der Waals surface area (Å²) in [6.45, 7) is 0. The van der Waals surface area contributed by atoms with Gasteiger partial charge in [-0.2, -0.15) is 8.42 Å². The molecule has 2 aliphatic carbocycles. The van der Waals surface area contributed by atoms with E-state index in [-0.39, 0.29) is 17.6 Å². The summed E-state index contributed by atoms with van der Waals surface area (Å²) < 4.78 is 26.9. The minimum atomic E-state index is -3.91. The largest absolute Gasteiger partial charge is 0.382 e. The molecule has 2 bridgehead atoms. The molecule has 2 fully saturated rings. The van der Waals surface area contributed by atoms with Crippen molar-refractivity contribution in [2.24, 2.45) is 17.8 Å². The molecule has 138 valence electrons. The van der Waals surface area contributed by atoms with Crippen molar-refractivity contribution in [2.45, 2.75) is 19.3 Å². The van der Waals surface area contributed by atoms with Gasteiger partial charge < -0.3 is 4.18 Å². The van der Waals surface area contributed by atoms with E-state index in [9.17, 15) is 32.9 Å². The summed E-state index contributed by atoms with van der Waals surface area (Å²) in [5, 5.41) is 11.3. The average Bonchev–Trinajstić information content (AvgIpc) is 2.98. The lowest BCUT2D eigenvalue weighted by molar-refractivity contribution is -0.385. The van der Waals surface area contributed by atoms with Gasteiger partial charge in [-0.25, -0.2) is 0 Å². The maximum Gasteiger partial charge on any atom is 0.306 e. The zero-order valence-corrected chi connectivity index (χ0v) is 14.5. The van der Waals surface area contributed by atoms with Crippen molar-refractivity contribution < 1.29 is 31.9 Å². The molecule has 0 heterocycles. The molecule has 9 nitrogen and oxygen atoms in total. The molecule has 2 aliphatic rings. The van der Waals surface area contributed by atoms with Gasteiger partial charge in [0.05, 0.1) is 22.8 Å². The van der Waals surface area contributed by atoms with Crippen LogP contribution < -0.4 is 4.18 Å². The smallest absolute Gasteiger partial charge is 0.306 e. The Kier molecular flexibility index (Phi) is 4.39. The Morgan fingerprint density at radius 1 is 1.19 bits per heavy atom. The van der Waals surface area contributed by atoms with Gasteiger partial charge in [0.2, 0.25) is 0 Å². The van der Waals surface area contributed by atoms with E-state index in [1.165, 1.54) is 0 Å². The monoisotopic (exact) mass is 381 g/mol. The highest BCUT2D eigenvalue weighted by atomic mass is 32.2. The van der Waals surface area contributed by atoms with Gasteiger partial charge in [-0.05, 0) is 31.4 Å². The van der Waals surface area contributed by atoms with Gasteiger partial charge in [-0.3, -0.25) is 24.5 Å². The zero-order chi connectivity index (χ0) is 19.2. The molecule has 0 N–H and O–H groups in total.